The normalized spacial score (nSPS) is 11.5. The standard InChI is InChI=1S/C21H28N2O3S/c1-18-9-6-7-13-20(18)17-23(27(2,25)26)16-14-21(24)22-15-8-12-19-10-4-3-5-11-19/h3-7,9-11,13H,8,12,14-17H2,1-2H3,(H,22,24). The fraction of sp³-hybridized carbons (Fsp3) is 0.381. The third-order valence-corrected chi connectivity index (χ3v) is 5.72. The van der Waals surface area contributed by atoms with Crippen LogP contribution < -0.4 is 5.32 Å². The first-order valence-corrected chi connectivity index (χ1v) is 11.0. The monoisotopic (exact) mass is 388 g/mol. The zero-order valence-corrected chi connectivity index (χ0v) is 16.8. The average Bonchev–Trinajstić information content (AvgIpc) is 2.63. The highest BCUT2D eigenvalue weighted by Gasteiger charge is 2.18. The quantitative estimate of drug-likeness (QED) is 0.637. The predicted octanol–water partition coefficient (Wildman–Crippen LogP) is 2.90. The van der Waals surface area contributed by atoms with Gasteiger partial charge in [-0.15, -0.1) is 0 Å². The lowest BCUT2D eigenvalue weighted by molar-refractivity contribution is -0.121. The van der Waals surface area contributed by atoms with E-state index in [9.17, 15) is 13.2 Å². The molecule has 2 aromatic carbocycles. The first kappa shape index (κ1) is 21.1. The lowest BCUT2D eigenvalue weighted by atomic mass is 10.1. The third kappa shape index (κ3) is 7.53. The molecule has 27 heavy (non-hydrogen) atoms. The van der Waals surface area contributed by atoms with Gasteiger partial charge in [-0.05, 0) is 36.5 Å². The number of nitrogens with one attached hydrogen (secondary N) is 1. The van der Waals surface area contributed by atoms with E-state index in [1.165, 1.54) is 16.1 Å². The maximum absolute atomic E-state index is 12.1. The van der Waals surface area contributed by atoms with E-state index in [4.69, 9.17) is 0 Å². The largest absolute Gasteiger partial charge is 0.356 e. The van der Waals surface area contributed by atoms with E-state index in [1.807, 2.05) is 49.4 Å². The van der Waals surface area contributed by atoms with E-state index in [1.54, 1.807) is 0 Å². The van der Waals surface area contributed by atoms with Crippen LogP contribution in [0.1, 0.15) is 29.5 Å². The van der Waals surface area contributed by atoms with Crippen molar-refractivity contribution in [2.24, 2.45) is 0 Å². The molecule has 0 aromatic heterocycles. The van der Waals surface area contributed by atoms with E-state index in [0.29, 0.717) is 6.54 Å². The summed E-state index contributed by atoms with van der Waals surface area (Å²) in [6.07, 6.45) is 3.10. The second-order valence-electron chi connectivity index (χ2n) is 6.71. The maximum Gasteiger partial charge on any atom is 0.221 e. The number of nitrogens with zero attached hydrogens (tertiary/aromatic N) is 1. The number of aryl methyl sites for hydroxylation is 2. The van der Waals surface area contributed by atoms with Crippen molar-refractivity contribution in [2.75, 3.05) is 19.3 Å². The fourth-order valence-corrected chi connectivity index (χ4v) is 3.62. The van der Waals surface area contributed by atoms with E-state index in [-0.39, 0.29) is 25.4 Å². The molecular weight excluding hydrogens is 360 g/mol. The Kier molecular flexibility index (Phi) is 8.00. The summed E-state index contributed by atoms with van der Waals surface area (Å²) < 4.78 is 25.5. The highest BCUT2D eigenvalue weighted by molar-refractivity contribution is 7.88. The summed E-state index contributed by atoms with van der Waals surface area (Å²) in [6, 6.07) is 17.8. The van der Waals surface area contributed by atoms with Gasteiger partial charge in [0.15, 0.2) is 0 Å². The molecule has 1 N–H and O–H groups in total. The number of rotatable bonds is 10. The van der Waals surface area contributed by atoms with Gasteiger partial charge in [-0.25, -0.2) is 8.42 Å². The van der Waals surface area contributed by atoms with Crippen molar-refractivity contribution in [1.82, 2.24) is 9.62 Å². The van der Waals surface area contributed by atoms with Crippen molar-refractivity contribution in [3.8, 4) is 0 Å². The van der Waals surface area contributed by atoms with Gasteiger partial charge in [0, 0.05) is 26.1 Å². The summed E-state index contributed by atoms with van der Waals surface area (Å²) in [5.74, 6) is -0.124. The van der Waals surface area contributed by atoms with Crippen LogP contribution in [0.4, 0.5) is 0 Å². The van der Waals surface area contributed by atoms with Crippen LogP contribution in [0.3, 0.4) is 0 Å². The Morgan fingerprint density at radius 2 is 1.70 bits per heavy atom. The number of hydrogen-bond donors (Lipinski definition) is 1. The van der Waals surface area contributed by atoms with Crippen LogP contribution in [-0.4, -0.2) is 38.0 Å². The van der Waals surface area contributed by atoms with Crippen LogP contribution in [0.5, 0.6) is 0 Å². The minimum atomic E-state index is -3.38. The molecule has 0 saturated heterocycles. The molecule has 0 fully saturated rings. The minimum Gasteiger partial charge on any atom is -0.356 e. The predicted molar refractivity (Wildman–Crippen MR) is 109 cm³/mol. The second-order valence-corrected chi connectivity index (χ2v) is 8.69. The van der Waals surface area contributed by atoms with Crippen LogP contribution >= 0.6 is 0 Å². The van der Waals surface area contributed by atoms with E-state index in [0.717, 1.165) is 24.0 Å². The summed E-state index contributed by atoms with van der Waals surface area (Å²) in [4.78, 5) is 12.1. The molecule has 2 rings (SSSR count). The number of amides is 1. The van der Waals surface area contributed by atoms with Crippen LogP contribution in [0.15, 0.2) is 54.6 Å². The molecule has 0 unspecified atom stereocenters. The van der Waals surface area contributed by atoms with Crippen molar-refractivity contribution < 1.29 is 13.2 Å². The van der Waals surface area contributed by atoms with Gasteiger partial charge >= 0.3 is 0 Å². The SMILES string of the molecule is Cc1ccccc1CN(CCC(=O)NCCCc1ccccc1)S(C)(=O)=O. The summed E-state index contributed by atoms with van der Waals surface area (Å²) >= 11 is 0. The molecule has 5 nitrogen and oxygen atoms in total. The molecule has 0 aliphatic heterocycles. The van der Waals surface area contributed by atoms with Gasteiger partial charge in [-0.2, -0.15) is 4.31 Å². The smallest absolute Gasteiger partial charge is 0.221 e. The van der Waals surface area contributed by atoms with Gasteiger partial charge in [0.25, 0.3) is 0 Å². The number of hydrogen-bond acceptors (Lipinski definition) is 3. The van der Waals surface area contributed by atoms with Crippen LogP contribution in [0.25, 0.3) is 0 Å². The second kappa shape index (κ2) is 10.2. The molecule has 2 aromatic rings. The molecule has 0 saturated carbocycles. The van der Waals surface area contributed by atoms with Gasteiger partial charge in [-0.3, -0.25) is 4.79 Å². The Labute approximate surface area is 162 Å². The van der Waals surface area contributed by atoms with Gasteiger partial charge in [0.05, 0.1) is 6.26 Å². The Bertz CT molecular complexity index is 836. The maximum atomic E-state index is 12.1. The molecule has 1 amide bonds. The van der Waals surface area contributed by atoms with Gasteiger partial charge in [0.2, 0.25) is 15.9 Å². The Morgan fingerprint density at radius 3 is 2.37 bits per heavy atom. The molecule has 6 heteroatoms. The molecule has 0 radical (unpaired) electrons. The lowest BCUT2D eigenvalue weighted by Gasteiger charge is -2.20. The van der Waals surface area contributed by atoms with Crippen molar-refractivity contribution in [3.63, 3.8) is 0 Å². The topological polar surface area (TPSA) is 66.5 Å². The number of carbonyl (C=O) groups excluding carboxylic acids is 1. The molecule has 0 atom stereocenters. The van der Waals surface area contributed by atoms with Crippen molar-refractivity contribution in [2.45, 2.75) is 32.7 Å². The fourth-order valence-electron chi connectivity index (χ4n) is 2.82. The zero-order valence-electron chi connectivity index (χ0n) is 16.0. The lowest BCUT2D eigenvalue weighted by Crippen LogP contribution is -2.34. The summed E-state index contributed by atoms with van der Waals surface area (Å²) in [5.41, 5.74) is 3.23. The molecule has 0 heterocycles. The highest BCUT2D eigenvalue weighted by Crippen LogP contribution is 2.13. The van der Waals surface area contributed by atoms with Crippen LogP contribution in [0.2, 0.25) is 0 Å². The molecule has 0 aliphatic rings. The van der Waals surface area contributed by atoms with Gasteiger partial charge in [0.1, 0.15) is 0 Å². The summed E-state index contributed by atoms with van der Waals surface area (Å²) in [5, 5.41) is 2.87. The van der Waals surface area contributed by atoms with Crippen molar-refractivity contribution >= 4 is 15.9 Å². The molecule has 146 valence electrons. The highest BCUT2D eigenvalue weighted by atomic mass is 32.2. The first-order chi connectivity index (χ1) is 12.9. The number of benzene rings is 2. The van der Waals surface area contributed by atoms with Crippen molar-refractivity contribution in [3.05, 3.63) is 71.3 Å². The third-order valence-electron chi connectivity index (χ3n) is 4.47. The Balaban J connectivity index is 1.78. The Hall–Kier alpha value is -2.18. The minimum absolute atomic E-state index is 0.124. The molecular formula is C21H28N2O3S. The van der Waals surface area contributed by atoms with E-state index >= 15 is 0 Å². The van der Waals surface area contributed by atoms with Crippen molar-refractivity contribution in [1.29, 1.82) is 0 Å². The van der Waals surface area contributed by atoms with E-state index < -0.39 is 10.0 Å². The molecule has 0 spiro atoms. The summed E-state index contributed by atoms with van der Waals surface area (Å²) in [7, 11) is -3.38. The molecule has 0 bridgehead atoms. The number of sulfonamides is 1. The Morgan fingerprint density at radius 1 is 1.04 bits per heavy atom. The average molecular weight is 389 g/mol. The number of carbonyl (C=O) groups is 1. The van der Waals surface area contributed by atoms with Crippen LogP contribution in [0, 0.1) is 6.92 Å². The zero-order chi connectivity index (χ0) is 19.7. The molecule has 0 aliphatic carbocycles. The van der Waals surface area contributed by atoms with Crippen LogP contribution in [-0.2, 0) is 27.8 Å². The van der Waals surface area contributed by atoms with Gasteiger partial charge in [-0.1, -0.05) is 54.6 Å². The van der Waals surface area contributed by atoms with Gasteiger partial charge < -0.3 is 5.32 Å². The first-order valence-electron chi connectivity index (χ1n) is 9.16. The summed E-state index contributed by atoms with van der Waals surface area (Å²) in [6.45, 7) is 3.00. The van der Waals surface area contributed by atoms with E-state index in [2.05, 4.69) is 17.4 Å².